The van der Waals surface area contributed by atoms with E-state index in [1.165, 1.54) is 6.42 Å². The number of carbonyl (C=O) groups is 1. The summed E-state index contributed by atoms with van der Waals surface area (Å²) in [6, 6.07) is 0.753. The maximum absolute atomic E-state index is 11.5. The summed E-state index contributed by atoms with van der Waals surface area (Å²) in [5, 5.41) is 0. The first-order chi connectivity index (χ1) is 5.66. The summed E-state index contributed by atoms with van der Waals surface area (Å²) in [6.45, 7) is 7.40. The molecule has 0 unspecified atom stereocenters. The Morgan fingerprint density at radius 1 is 1.58 bits per heavy atom. The zero-order valence-corrected chi connectivity index (χ0v) is 8.34. The van der Waals surface area contributed by atoms with Crippen molar-refractivity contribution in [3.8, 4) is 0 Å². The number of nitrogens with zero attached hydrogens (tertiary/aromatic N) is 1. The van der Waals surface area contributed by atoms with E-state index in [1.54, 1.807) is 0 Å². The van der Waals surface area contributed by atoms with Gasteiger partial charge >= 0.3 is 0 Å². The largest absolute Gasteiger partial charge is 0.298 e. The van der Waals surface area contributed by atoms with E-state index in [0.29, 0.717) is 18.2 Å². The topological polar surface area (TPSA) is 20.3 Å². The van der Waals surface area contributed by atoms with Gasteiger partial charge in [0.2, 0.25) is 0 Å². The standard InChI is InChI=1S/C10H19NO/c1-4-10(12)9-6-5-7-11(9)8(2)3/h8-9H,4-7H2,1-3H3/t9-/m1/s1. The highest BCUT2D eigenvalue weighted by atomic mass is 16.1. The molecule has 0 aromatic heterocycles. The summed E-state index contributed by atoms with van der Waals surface area (Å²) >= 11 is 0. The molecule has 0 spiro atoms. The second kappa shape index (κ2) is 4.04. The Balaban J connectivity index is 2.57. The van der Waals surface area contributed by atoms with Gasteiger partial charge in [-0.2, -0.15) is 0 Å². The number of hydrogen-bond donors (Lipinski definition) is 0. The summed E-state index contributed by atoms with van der Waals surface area (Å²) in [5.41, 5.74) is 0. The van der Waals surface area contributed by atoms with Crippen LogP contribution in [0.3, 0.4) is 0 Å². The summed E-state index contributed by atoms with van der Waals surface area (Å²) in [7, 11) is 0. The number of likely N-dealkylation sites (tertiary alicyclic amines) is 1. The first-order valence-electron chi connectivity index (χ1n) is 4.95. The molecular formula is C10H19NO. The van der Waals surface area contributed by atoms with E-state index in [-0.39, 0.29) is 6.04 Å². The monoisotopic (exact) mass is 169 g/mol. The Morgan fingerprint density at radius 3 is 2.75 bits per heavy atom. The minimum Gasteiger partial charge on any atom is -0.298 e. The molecule has 0 amide bonds. The second-order valence-corrected chi connectivity index (χ2v) is 3.81. The zero-order chi connectivity index (χ0) is 9.14. The van der Waals surface area contributed by atoms with Gasteiger partial charge in [-0.1, -0.05) is 6.92 Å². The van der Waals surface area contributed by atoms with E-state index < -0.39 is 0 Å². The van der Waals surface area contributed by atoms with Crippen LogP contribution in [0.2, 0.25) is 0 Å². The first-order valence-corrected chi connectivity index (χ1v) is 4.95. The van der Waals surface area contributed by atoms with Gasteiger partial charge in [0, 0.05) is 12.5 Å². The number of Topliss-reactive ketones (excluding diaryl/α,β-unsaturated/α-hetero) is 1. The molecule has 70 valence electrons. The van der Waals surface area contributed by atoms with E-state index in [9.17, 15) is 4.79 Å². The maximum Gasteiger partial charge on any atom is 0.149 e. The smallest absolute Gasteiger partial charge is 0.149 e. The van der Waals surface area contributed by atoms with Crippen molar-refractivity contribution in [2.75, 3.05) is 6.54 Å². The number of hydrogen-bond acceptors (Lipinski definition) is 2. The molecule has 0 aliphatic carbocycles. The summed E-state index contributed by atoms with van der Waals surface area (Å²) in [5.74, 6) is 0.418. The van der Waals surface area contributed by atoms with Gasteiger partial charge in [0.25, 0.3) is 0 Å². The molecule has 0 saturated carbocycles. The van der Waals surface area contributed by atoms with Gasteiger partial charge in [0.15, 0.2) is 0 Å². The third-order valence-electron chi connectivity index (χ3n) is 2.68. The van der Waals surface area contributed by atoms with E-state index in [0.717, 1.165) is 13.0 Å². The zero-order valence-electron chi connectivity index (χ0n) is 8.34. The lowest BCUT2D eigenvalue weighted by molar-refractivity contribution is -0.123. The molecule has 0 bridgehead atoms. The second-order valence-electron chi connectivity index (χ2n) is 3.81. The van der Waals surface area contributed by atoms with Crippen LogP contribution in [0.25, 0.3) is 0 Å². The van der Waals surface area contributed by atoms with Gasteiger partial charge in [-0.25, -0.2) is 0 Å². The number of ketones is 1. The van der Waals surface area contributed by atoms with Gasteiger partial charge < -0.3 is 0 Å². The van der Waals surface area contributed by atoms with Crippen LogP contribution in [-0.4, -0.2) is 29.3 Å². The van der Waals surface area contributed by atoms with E-state index in [1.807, 2.05) is 6.92 Å². The van der Waals surface area contributed by atoms with E-state index >= 15 is 0 Å². The Labute approximate surface area is 74.9 Å². The van der Waals surface area contributed by atoms with Crippen LogP contribution >= 0.6 is 0 Å². The van der Waals surface area contributed by atoms with Gasteiger partial charge in [-0.3, -0.25) is 9.69 Å². The molecule has 1 heterocycles. The van der Waals surface area contributed by atoms with Gasteiger partial charge in [0.05, 0.1) is 6.04 Å². The van der Waals surface area contributed by atoms with Crippen LogP contribution in [0.1, 0.15) is 40.0 Å². The molecule has 2 heteroatoms. The van der Waals surface area contributed by atoms with Crippen LogP contribution in [0, 0.1) is 0 Å². The average Bonchev–Trinajstić information content (AvgIpc) is 2.50. The molecule has 1 atom stereocenters. The third kappa shape index (κ3) is 1.86. The lowest BCUT2D eigenvalue weighted by Gasteiger charge is -2.26. The molecule has 0 aromatic carbocycles. The maximum atomic E-state index is 11.5. The highest BCUT2D eigenvalue weighted by Gasteiger charge is 2.30. The van der Waals surface area contributed by atoms with Crippen LogP contribution < -0.4 is 0 Å². The third-order valence-corrected chi connectivity index (χ3v) is 2.68. The van der Waals surface area contributed by atoms with Crippen molar-refractivity contribution in [1.82, 2.24) is 4.90 Å². The van der Waals surface area contributed by atoms with E-state index in [2.05, 4.69) is 18.7 Å². The van der Waals surface area contributed by atoms with Crippen LogP contribution in [0.15, 0.2) is 0 Å². The van der Waals surface area contributed by atoms with Gasteiger partial charge in [0.1, 0.15) is 5.78 Å². The van der Waals surface area contributed by atoms with Crippen molar-refractivity contribution >= 4 is 5.78 Å². The Kier molecular flexibility index (Phi) is 3.27. The van der Waals surface area contributed by atoms with Crippen molar-refractivity contribution in [1.29, 1.82) is 0 Å². The Bertz CT molecular complexity index is 165. The molecule has 1 saturated heterocycles. The van der Waals surface area contributed by atoms with Crippen molar-refractivity contribution in [3.63, 3.8) is 0 Å². The predicted octanol–water partition coefficient (Wildman–Crippen LogP) is 1.84. The normalized spacial score (nSPS) is 25.2. The SMILES string of the molecule is CCC(=O)[C@H]1CCCN1C(C)C. The highest BCUT2D eigenvalue weighted by Crippen LogP contribution is 2.21. The van der Waals surface area contributed by atoms with Crippen molar-refractivity contribution in [2.45, 2.75) is 52.1 Å². The van der Waals surface area contributed by atoms with Gasteiger partial charge in [-0.05, 0) is 33.2 Å². The Morgan fingerprint density at radius 2 is 2.25 bits per heavy atom. The first kappa shape index (κ1) is 9.72. The van der Waals surface area contributed by atoms with Gasteiger partial charge in [-0.15, -0.1) is 0 Å². The molecule has 0 N–H and O–H groups in total. The minimum absolute atomic E-state index is 0.231. The van der Waals surface area contributed by atoms with Crippen molar-refractivity contribution in [2.24, 2.45) is 0 Å². The molecule has 0 aromatic rings. The number of carbonyl (C=O) groups excluding carboxylic acids is 1. The molecule has 1 aliphatic heterocycles. The van der Waals surface area contributed by atoms with Crippen LogP contribution in [-0.2, 0) is 4.79 Å². The molecule has 12 heavy (non-hydrogen) atoms. The fourth-order valence-corrected chi connectivity index (χ4v) is 1.99. The molecule has 1 fully saturated rings. The van der Waals surface area contributed by atoms with Crippen LogP contribution in [0.4, 0.5) is 0 Å². The quantitative estimate of drug-likeness (QED) is 0.642. The fraction of sp³-hybridized carbons (Fsp3) is 0.900. The molecule has 1 rings (SSSR count). The summed E-state index contributed by atoms with van der Waals surface area (Å²) in [4.78, 5) is 13.8. The van der Waals surface area contributed by atoms with Crippen molar-refractivity contribution < 1.29 is 4.79 Å². The minimum atomic E-state index is 0.231. The summed E-state index contributed by atoms with van der Waals surface area (Å²) in [6.07, 6.45) is 2.95. The summed E-state index contributed by atoms with van der Waals surface area (Å²) < 4.78 is 0. The van der Waals surface area contributed by atoms with Crippen molar-refractivity contribution in [3.05, 3.63) is 0 Å². The lowest BCUT2D eigenvalue weighted by atomic mass is 10.1. The number of rotatable bonds is 3. The molecule has 2 nitrogen and oxygen atoms in total. The molecular weight excluding hydrogens is 150 g/mol. The lowest BCUT2D eigenvalue weighted by Crippen LogP contribution is -2.40. The molecule has 0 radical (unpaired) electrons. The Hall–Kier alpha value is -0.370. The molecule has 1 aliphatic rings. The fourth-order valence-electron chi connectivity index (χ4n) is 1.99. The average molecular weight is 169 g/mol. The van der Waals surface area contributed by atoms with Crippen LogP contribution in [0.5, 0.6) is 0 Å². The predicted molar refractivity (Wildman–Crippen MR) is 50.2 cm³/mol. The van der Waals surface area contributed by atoms with E-state index in [4.69, 9.17) is 0 Å². The highest BCUT2D eigenvalue weighted by molar-refractivity contribution is 5.84.